The van der Waals surface area contributed by atoms with Crippen molar-refractivity contribution >= 4 is 47.5 Å². The molecule has 4 rings (SSSR count). The second kappa shape index (κ2) is 28.4. The average molecular weight is 1060 g/mol. The summed E-state index contributed by atoms with van der Waals surface area (Å²) in [5.41, 5.74) is 2.42. The molecule has 2 heterocycles. The maximum absolute atomic E-state index is 14.9. The molecule has 1 N–H and O–H groups in total. The van der Waals surface area contributed by atoms with E-state index in [1.165, 1.54) is 42.0 Å². The average Bonchev–Trinajstić information content (AvgIpc) is 3.83. The van der Waals surface area contributed by atoms with E-state index in [2.05, 4.69) is 10.3 Å². The number of hydrogen-bond donors (Lipinski definition) is 1. The highest BCUT2D eigenvalue weighted by molar-refractivity contribution is 5.94. The molecule has 0 radical (unpaired) electrons. The lowest BCUT2D eigenvalue weighted by Crippen LogP contribution is -2.55. The van der Waals surface area contributed by atoms with Gasteiger partial charge in [0.05, 0.1) is 19.3 Å². The predicted octanol–water partition coefficient (Wildman–Crippen LogP) is 4.80. The molecule has 0 saturated carbocycles. The number of aromatic nitrogens is 3. The lowest BCUT2D eigenvalue weighted by atomic mass is 9.99. The van der Waals surface area contributed by atoms with E-state index >= 15 is 0 Å². The molecule has 20 nitrogen and oxygen atoms in total. The Kier molecular flexibility index (Phi) is 23.1. The van der Waals surface area contributed by atoms with Gasteiger partial charge in [-0.1, -0.05) is 115 Å². The fraction of sp³-hybridized carbons (Fsp3) is 0.607. The van der Waals surface area contributed by atoms with E-state index in [-0.39, 0.29) is 68.8 Å². The third-order valence-corrected chi connectivity index (χ3v) is 13.3. The zero-order chi connectivity index (χ0) is 56.7. The molecule has 0 aliphatic carbocycles. The van der Waals surface area contributed by atoms with Gasteiger partial charge in [-0.25, -0.2) is 23.9 Å². The number of esters is 4. The third-order valence-electron chi connectivity index (χ3n) is 13.3. The lowest BCUT2D eigenvalue weighted by Gasteiger charge is -2.35. The molecule has 1 fully saturated rings. The molecule has 0 unspecified atom stereocenters. The van der Waals surface area contributed by atoms with Crippen LogP contribution in [-0.4, -0.2) is 164 Å². The normalized spacial score (nSPS) is 23.8. The quantitative estimate of drug-likeness (QED) is 0.159. The summed E-state index contributed by atoms with van der Waals surface area (Å²) < 4.78 is 25.5. The first kappa shape index (κ1) is 61.8. The summed E-state index contributed by atoms with van der Waals surface area (Å²) in [6.07, 6.45) is -4.34. The van der Waals surface area contributed by atoms with E-state index in [4.69, 9.17) is 18.9 Å². The van der Waals surface area contributed by atoms with Gasteiger partial charge in [0.15, 0.2) is 24.4 Å². The topological polar surface area (TPSA) is 237 Å². The second-order valence-corrected chi connectivity index (χ2v) is 21.7. The number of ether oxygens (including phenoxy) is 4. The van der Waals surface area contributed by atoms with Crippen molar-refractivity contribution in [2.75, 3.05) is 28.2 Å². The van der Waals surface area contributed by atoms with E-state index in [0.29, 0.717) is 23.4 Å². The molecule has 1 saturated heterocycles. The van der Waals surface area contributed by atoms with Crippen LogP contribution >= 0.6 is 0 Å². The van der Waals surface area contributed by atoms with Gasteiger partial charge in [0.2, 0.25) is 0 Å². The van der Waals surface area contributed by atoms with Gasteiger partial charge in [0.1, 0.15) is 29.9 Å². The van der Waals surface area contributed by atoms with E-state index in [0.717, 1.165) is 25.2 Å². The minimum Gasteiger partial charge on any atom is -0.451 e. The SMILES string of the molecule is CC(C)C[C@H]1C(=O)O[C@H](Cc2ccc(Cn3cc(CO)nn3)cc2)C(=O)N(C)[C@@H](CC(C)C)C(=O)O[C@H](C)C(=O)N(C)[C@@H](CC(C)C)C(=O)O[C@H](Cc2ccccc2)C(=O)N(C)[C@@H](CC(C)C)C(=O)O[C@H](C)C(=O)N1C. The number of benzene rings is 2. The highest BCUT2D eigenvalue weighted by Crippen LogP contribution is 2.24. The van der Waals surface area contributed by atoms with Crippen molar-refractivity contribution in [3.05, 3.63) is 83.2 Å². The van der Waals surface area contributed by atoms with Crippen molar-refractivity contribution in [1.82, 2.24) is 34.6 Å². The summed E-state index contributed by atoms with van der Waals surface area (Å²) in [7, 11) is 5.52. The Labute approximate surface area is 447 Å². The number of likely N-dealkylation sites (N-methyl/N-ethyl adjacent to an activating group) is 4. The van der Waals surface area contributed by atoms with Gasteiger partial charge in [-0.3, -0.25) is 19.2 Å². The largest absolute Gasteiger partial charge is 0.451 e. The zero-order valence-electron chi connectivity index (χ0n) is 46.8. The van der Waals surface area contributed by atoms with Crippen molar-refractivity contribution < 1.29 is 62.4 Å². The number of nitrogens with zero attached hydrogens (tertiary/aromatic N) is 7. The van der Waals surface area contributed by atoms with Gasteiger partial charge in [0, 0.05) is 41.0 Å². The molecule has 2 aromatic carbocycles. The second-order valence-electron chi connectivity index (χ2n) is 21.7. The fourth-order valence-corrected chi connectivity index (χ4v) is 8.98. The third kappa shape index (κ3) is 17.4. The van der Waals surface area contributed by atoms with Crippen LogP contribution in [0.4, 0.5) is 0 Å². The van der Waals surface area contributed by atoms with Crippen LogP contribution in [0.2, 0.25) is 0 Å². The lowest BCUT2D eigenvalue weighted by molar-refractivity contribution is -0.176. The smallest absolute Gasteiger partial charge is 0.329 e. The Hall–Kier alpha value is -6.70. The van der Waals surface area contributed by atoms with Gasteiger partial charge in [-0.05, 0) is 79.9 Å². The van der Waals surface area contributed by atoms with E-state index in [1.807, 2.05) is 55.4 Å². The highest BCUT2D eigenvalue weighted by atomic mass is 16.6. The number of aliphatic hydroxyl groups excluding tert-OH is 1. The fourth-order valence-electron chi connectivity index (χ4n) is 8.98. The number of carbonyl (C=O) groups is 8. The Balaban J connectivity index is 1.85. The highest BCUT2D eigenvalue weighted by Gasteiger charge is 2.43. The molecular formula is C56H81N7O13. The van der Waals surface area contributed by atoms with Crippen LogP contribution < -0.4 is 0 Å². The molecular weight excluding hydrogens is 979 g/mol. The Bertz CT molecular complexity index is 2430. The molecule has 4 amide bonds. The number of amides is 4. The summed E-state index contributed by atoms with van der Waals surface area (Å²) in [6, 6.07) is 10.8. The Morgan fingerprint density at radius 1 is 0.474 bits per heavy atom. The number of carbonyl (C=O) groups excluding carboxylic acids is 8. The first-order valence-corrected chi connectivity index (χ1v) is 26.2. The molecule has 0 spiro atoms. The van der Waals surface area contributed by atoms with Crippen molar-refractivity contribution in [1.29, 1.82) is 0 Å². The predicted molar refractivity (Wildman–Crippen MR) is 280 cm³/mol. The maximum atomic E-state index is 14.9. The van der Waals surface area contributed by atoms with Crippen molar-refractivity contribution in [3.8, 4) is 0 Å². The molecule has 1 aliphatic heterocycles. The zero-order valence-corrected chi connectivity index (χ0v) is 46.8. The number of hydrogen-bond acceptors (Lipinski definition) is 15. The van der Waals surface area contributed by atoms with E-state index in [1.54, 1.807) is 65.5 Å². The van der Waals surface area contributed by atoms with Gasteiger partial charge < -0.3 is 43.7 Å². The van der Waals surface area contributed by atoms with Crippen molar-refractivity contribution in [2.45, 2.75) is 169 Å². The molecule has 76 heavy (non-hydrogen) atoms. The van der Waals surface area contributed by atoms with Gasteiger partial charge in [-0.2, -0.15) is 0 Å². The van der Waals surface area contributed by atoms with Crippen LogP contribution in [0.1, 0.15) is 117 Å². The van der Waals surface area contributed by atoms with Gasteiger partial charge in [0.25, 0.3) is 23.6 Å². The van der Waals surface area contributed by atoms with Crippen LogP contribution in [0.3, 0.4) is 0 Å². The number of rotatable bonds is 15. The molecule has 0 bridgehead atoms. The van der Waals surface area contributed by atoms with E-state index in [9.17, 15) is 43.5 Å². The number of aliphatic hydroxyl groups is 1. The minimum atomic E-state index is -1.56. The Morgan fingerprint density at radius 3 is 1.14 bits per heavy atom. The van der Waals surface area contributed by atoms with Crippen molar-refractivity contribution in [2.24, 2.45) is 23.7 Å². The summed E-state index contributed by atoms with van der Waals surface area (Å²) in [5.74, 6) is -7.46. The monoisotopic (exact) mass is 1060 g/mol. The maximum Gasteiger partial charge on any atom is 0.329 e. The minimum absolute atomic E-state index is 0.0723. The van der Waals surface area contributed by atoms with Crippen LogP contribution in [-0.2, 0) is 83.3 Å². The molecule has 20 heteroatoms. The molecule has 1 aliphatic rings. The number of cyclic esters (lactones) is 4. The van der Waals surface area contributed by atoms with Crippen LogP contribution in [0.15, 0.2) is 60.8 Å². The summed E-state index contributed by atoms with van der Waals surface area (Å²) >= 11 is 0. The van der Waals surface area contributed by atoms with Crippen molar-refractivity contribution in [3.63, 3.8) is 0 Å². The van der Waals surface area contributed by atoms with E-state index < -0.39 is 96.1 Å². The Morgan fingerprint density at radius 2 is 0.803 bits per heavy atom. The summed E-state index contributed by atoms with van der Waals surface area (Å²) in [6.45, 7) is 17.5. The molecule has 3 aromatic rings. The van der Waals surface area contributed by atoms with Crippen LogP contribution in [0.5, 0.6) is 0 Å². The first-order chi connectivity index (χ1) is 35.7. The summed E-state index contributed by atoms with van der Waals surface area (Å²) in [4.78, 5) is 121. The molecule has 418 valence electrons. The van der Waals surface area contributed by atoms with Gasteiger partial charge in [-0.15, -0.1) is 5.10 Å². The molecule has 8 atom stereocenters. The molecule has 1 aromatic heterocycles. The van der Waals surface area contributed by atoms with Crippen LogP contribution in [0, 0.1) is 23.7 Å². The van der Waals surface area contributed by atoms with Crippen LogP contribution in [0.25, 0.3) is 0 Å². The standard InChI is InChI=1S/C56H81N7O13/c1-33(2)24-43-53(69)73-38(10)50(66)60(12)46(27-36(7)8)56(72)76-48(29-40-20-22-41(23-21-40)30-63-31-42(32-64)57-58-63)52(68)62(14)44(25-34(3)4)54(70)74-37(9)49(65)59(11)45(26-35(5)6)55(71)75-47(51(67)61(43)13)28-39-18-16-15-17-19-39/h15-23,31,33-38,43-48,64H,24-30,32H2,1-14H3/t37-,38-,43+,44+,45+,46+,47-,48-/m1/s1. The van der Waals surface area contributed by atoms with Gasteiger partial charge >= 0.3 is 23.9 Å². The first-order valence-electron chi connectivity index (χ1n) is 26.2. The summed E-state index contributed by atoms with van der Waals surface area (Å²) in [5, 5.41) is 17.4.